The van der Waals surface area contributed by atoms with Crippen molar-refractivity contribution in [2.45, 2.75) is 25.7 Å². The Kier molecular flexibility index (Phi) is 0.922. The molecule has 1 nitrogen and oxygen atoms in total. The number of nitrogens with one attached hydrogen (secondary N) is 1. The summed E-state index contributed by atoms with van der Waals surface area (Å²) in [7, 11) is 0. The van der Waals surface area contributed by atoms with Gasteiger partial charge in [0.2, 0.25) is 0 Å². The minimum Gasteiger partial charge on any atom is -0.364 e. The van der Waals surface area contributed by atoms with E-state index in [1.54, 1.807) is 0 Å². The fourth-order valence-corrected chi connectivity index (χ4v) is 1.16. The molecule has 0 unspecified atom stereocenters. The van der Waals surface area contributed by atoms with Crippen LogP contribution in [0.4, 0.5) is 0 Å². The number of H-pyrrole nitrogens is 1. The molecule has 48 valence electrons. The molecule has 1 heterocycles. The number of aromatic amines is 1. The third kappa shape index (κ3) is 0.869. The summed E-state index contributed by atoms with van der Waals surface area (Å²) in [5.41, 5.74) is 2.80. The summed E-state index contributed by atoms with van der Waals surface area (Å²) in [6.45, 7) is 2.13. The van der Waals surface area contributed by atoms with Crippen molar-refractivity contribution in [1.82, 2.24) is 4.98 Å². The second kappa shape index (κ2) is 1.63. The Balaban J connectivity index is 2.28. The van der Waals surface area contributed by atoms with Gasteiger partial charge in [-0.05, 0) is 37.3 Å². The summed E-state index contributed by atoms with van der Waals surface area (Å²) in [6.07, 6.45) is 4.85. The minimum atomic E-state index is 0.874. The lowest BCUT2D eigenvalue weighted by Gasteiger charge is -1.85. The number of rotatable bonds is 1. The topological polar surface area (TPSA) is 15.8 Å². The van der Waals surface area contributed by atoms with Crippen molar-refractivity contribution in [3.8, 4) is 0 Å². The van der Waals surface area contributed by atoms with Gasteiger partial charge in [0.1, 0.15) is 0 Å². The van der Waals surface area contributed by atoms with Gasteiger partial charge < -0.3 is 4.98 Å². The van der Waals surface area contributed by atoms with Gasteiger partial charge in [-0.3, -0.25) is 0 Å². The molecule has 1 aromatic rings. The largest absolute Gasteiger partial charge is 0.364 e. The first-order chi connectivity index (χ1) is 4.36. The zero-order valence-corrected chi connectivity index (χ0v) is 5.65. The van der Waals surface area contributed by atoms with Crippen LogP contribution in [0.25, 0.3) is 0 Å². The maximum atomic E-state index is 3.27. The Morgan fingerprint density at radius 1 is 1.56 bits per heavy atom. The molecule has 1 aliphatic carbocycles. The average Bonchev–Trinajstić information content (AvgIpc) is 2.58. The van der Waals surface area contributed by atoms with Crippen LogP contribution in [-0.2, 0) is 0 Å². The van der Waals surface area contributed by atoms with Crippen molar-refractivity contribution in [2.24, 2.45) is 0 Å². The summed E-state index contributed by atoms with van der Waals surface area (Å²) < 4.78 is 0. The van der Waals surface area contributed by atoms with Gasteiger partial charge in [-0.2, -0.15) is 0 Å². The average molecular weight is 121 g/mol. The first-order valence-corrected chi connectivity index (χ1v) is 3.51. The van der Waals surface area contributed by atoms with E-state index in [4.69, 9.17) is 0 Å². The normalized spacial score (nSPS) is 18.3. The first kappa shape index (κ1) is 5.10. The Morgan fingerprint density at radius 2 is 2.33 bits per heavy atom. The molecule has 1 aliphatic rings. The SMILES string of the molecule is Cc1c[nH]c(C2CC2)c1. The van der Waals surface area contributed by atoms with E-state index in [1.165, 1.54) is 24.1 Å². The van der Waals surface area contributed by atoms with Crippen LogP contribution in [0.3, 0.4) is 0 Å². The van der Waals surface area contributed by atoms with Crippen LogP contribution < -0.4 is 0 Å². The van der Waals surface area contributed by atoms with Gasteiger partial charge in [-0.25, -0.2) is 0 Å². The molecular formula is C8H11N. The van der Waals surface area contributed by atoms with Gasteiger partial charge in [-0.1, -0.05) is 0 Å². The van der Waals surface area contributed by atoms with Gasteiger partial charge >= 0.3 is 0 Å². The Labute approximate surface area is 55.1 Å². The highest BCUT2D eigenvalue weighted by molar-refractivity contribution is 5.21. The van der Waals surface area contributed by atoms with E-state index in [0.717, 1.165) is 5.92 Å². The second-order valence-electron chi connectivity index (χ2n) is 2.91. The Bertz CT molecular complexity index is 208. The minimum absolute atomic E-state index is 0.874. The van der Waals surface area contributed by atoms with Crippen LogP contribution >= 0.6 is 0 Å². The zero-order chi connectivity index (χ0) is 6.27. The van der Waals surface area contributed by atoms with Crippen molar-refractivity contribution in [3.63, 3.8) is 0 Å². The predicted molar refractivity (Wildman–Crippen MR) is 37.5 cm³/mol. The number of hydrogen-bond acceptors (Lipinski definition) is 0. The lowest BCUT2D eigenvalue weighted by Crippen LogP contribution is -1.73. The van der Waals surface area contributed by atoms with E-state index < -0.39 is 0 Å². The molecule has 0 amide bonds. The van der Waals surface area contributed by atoms with E-state index in [-0.39, 0.29) is 0 Å². The molecule has 1 fully saturated rings. The molecule has 2 rings (SSSR count). The third-order valence-electron chi connectivity index (χ3n) is 1.87. The molecule has 0 bridgehead atoms. The van der Waals surface area contributed by atoms with Gasteiger partial charge in [-0.15, -0.1) is 0 Å². The standard InChI is InChI=1S/C8H11N/c1-6-4-8(9-5-6)7-2-3-7/h4-5,7,9H,2-3H2,1H3. The van der Waals surface area contributed by atoms with Crippen LogP contribution in [0.15, 0.2) is 12.3 Å². The van der Waals surface area contributed by atoms with Gasteiger partial charge in [0.05, 0.1) is 0 Å². The summed E-state index contributed by atoms with van der Waals surface area (Å²) in [5.74, 6) is 0.874. The smallest absolute Gasteiger partial charge is 0.0181 e. The molecule has 1 aromatic heterocycles. The molecule has 1 heteroatoms. The number of aryl methyl sites for hydroxylation is 1. The molecular weight excluding hydrogens is 110 g/mol. The van der Waals surface area contributed by atoms with E-state index in [0.29, 0.717) is 0 Å². The highest BCUT2D eigenvalue weighted by atomic mass is 14.7. The fraction of sp³-hybridized carbons (Fsp3) is 0.500. The highest BCUT2D eigenvalue weighted by Gasteiger charge is 2.24. The van der Waals surface area contributed by atoms with E-state index in [2.05, 4.69) is 24.2 Å². The van der Waals surface area contributed by atoms with Crippen LogP contribution in [0.5, 0.6) is 0 Å². The molecule has 0 radical (unpaired) electrons. The lowest BCUT2D eigenvalue weighted by molar-refractivity contribution is 1.05. The van der Waals surface area contributed by atoms with Gasteiger partial charge in [0, 0.05) is 11.9 Å². The quantitative estimate of drug-likeness (QED) is 0.586. The molecule has 0 atom stereocenters. The molecule has 0 spiro atoms. The summed E-state index contributed by atoms with van der Waals surface area (Å²) in [6, 6.07) is 2.25. The van der Waals surface area contributed by atoms with Crippen LogP contribution in [-0.4, -0.2) is 4.98 Å². The predicted octanol–water partition coefficient (Wildman–Crippen LogP) is 2.20. The monoisotopic (exact) mass is 121 g/mol. The van der Waals surface area contributed by atoms with Crippen molar-refractivity contribution >= 4 is 0 Å². The highest BCUT2D eigenvalue weighted by Crippen LogP contribution is 2.39. The van der Waals surface area contributed by atoms with Crippen molar-refractivity contribution < 1.29 is 0 Å². The van der Waals surface area contributed by atoms with Crippen molar-refractivity contribution in [1.29, 1.82) is 0 Å². The van der Waals surface area contributed by atoms with Gasteiger partial charge in [0.15, 0.2) is 0 Å². The molecule has 1 N–H and O–H groups in total. The maximum Gasteiger partial charge on any atom is 0.0181 e. The van der Waals surface area contributed by atoms with Crippen LogP contribution in [0, 0.1) is 6.92 Å². The second-order valence-corrected chi connectivity index (χ2v) is 2.91. The summed E-state index contributed by atoms with van der Waals surface area (Å²) in [4.78, 5) is 3.27. The van der Waals surface area contributed by atoms with Crippen LogP contribution in [0.1, 0.15) is 30.0 Å². The summed E-state index contributed by atoms with van der Waals surface area (Å²) in [5, 5.41) is 0. The Morgan fingerprint density at radius 3 is 2.78 bits per heavy atom. The summed E-state index contributed by atoms with van der Waals surface area (Å²) >= 11 is 0. The molecule has 0 saturated heterocycles. The molecule has 1 saturated carbocycles. The lowest BCUT2D eigenvalue weighted by atomic mass is 10.3. The van der Waals surface area contributed by atoms with Gasteiger partial charge in [0.25, 0.3) is 0 Å². The van der Waals surface area contributed by atoms with Crippen molar-refractivity contribution in [3.05, 3.63) is 23.5 Å². The molecule has 0 aliphatic heterocycles. The van der Waals surface area contributed by atoms with E-state index in [9.17, 15) is 0 Å². The van der Waals surface area contributed by atoms with Crippen molar-refractivity contribution in [2.75, 3.05) is 0 Å². The third-order valence-corrected chi connectivity index (χ3v) is 1.87. The molecule has 0 aromatic carbocycles. The van der Waals surface area contributed by atoms with E-state index in [1.807, 2.05) is 0 Å². The van der Waals surface area contributed by atoms with E-state index >= 15 is 0 Å². The zero-order valence-electron chi connectivity index (χ0n) is 5.65. The maximum absolute atomic E-state index is 3.27. The fourth-order valence-electron chi connectivity index (χ4n) is 1.16. The number of hydrogen-bond donors (Lipinski definition) is 1. The molecule has 9 heavy (non-hydrogen) atoms. The van der Waals surface area contributed by atoms with Crippen LogP contribution in [0.2, 0.25) is 0 Å². The first-order valence-electron chi connectivity index (χ1n) is 3.51. The Hall–Kier alpha value is -0.720. The number of aromatic nitrogens is 1.